The van der Waals surface area contributed by atoms with Crippen LogP contribution in [-0.2, 0) is 19.1 Å². The fourth-order valence-corrected chi connectivity index (χ4v) is 7.36. The van der Waals surface area contributed by atoms with Gasteiger partial charge in [0.2, 0.25) is 0 Å². The highest BCUT2D eigenvalue weighted by molar-refractivity contribution is 5.69. The van der Waals surface area contributed by atoms with Crippen molar-refractivity contribution in [2.24, 2.45) is 11.3 Å². The van der Waals surface area contributed by atoms with Gasteiger partial charge in [-0.3, -0.25) is 9.59 Å². The number of unbranched alkanes of at least 4 members (excludes halogenated alkanes) is 15. The first-order valence-corrected chi connectivity index (χ1v) is 21.6. The largest absolute Gasteiger partial charge is 0.466 e. The van der Waals surface area contributed by atoms with Gasteiger partial charge in [-0.15, -0.1) is 0 Å². The first-order chi connectivity index (χ1) is 24.0. The van der Waals surface area contributed by atoms with Crippen molar-refractivity contribution < 1.29 is 24.2 Å². The van der Waals surface area contributed by atoms with Gasteiger partial charge in [0.25, 0.3) is 0 Å². The lowest BCUT2D eigenvalue weighted by atomic mass is 9.91. The Labute approximate surface area is 304 Å². The number of aliphatic hydroxyl groups is 1. The fourth-order valence-electron chi connectivity index (χ4n) is 7.36. The average Bonchev–Trinajstić information content (AvgIpc) is 3.88. The van der Waals surface area contributed by atoms with Crippen LogP contribution in [0.3, 0.4) is 0 Å². The molecule has 290 valence electrons. The summed E-state index contributed by atoms with van der Waals surface area (Å²) in [5, 5.41) is 9.58. The van der Waals surface area contributed by atoms with Crippen LogP contribution in [0.15, 0.2) is 0 Å². The minimum absolute atomic E-state index is 0.00808. The third-order valence-corrected chi connectivity index (χ3v) is 11.0. The lowest BCUT2D eigenvalue weighted by Crippen LogP contribution is -2.29. The van der Waals surface area contributed by atoms with Gasteiger partial charge in [-0.1, -0.05) is 136 Å². The Hall–Kier alpha value is -1.14. The molecule has 0 aromatic carbocycles. The Kier molecular flexibility index (Phi) is 30.7. The smallest absolute Gasteiger partial charge is 0.305 e. The van der Waals surface area contributed by atoms with E-state index in [0.29, 0.717) is 31.5 Å². The summed E-state index contributed by atoms with van der Waals surface area (Å²) in [5.74, 6) is 0.787. The molecule has 0 bridgehead atoms. The first kappa shape index (κ1) is 45.9. The molecule has 0 saturated heterocycles. The van der Waals surface area contributed by atoms with E-state index < -0.39 is 0 Å². The second kappa shape index (κ2) is 32.7. The Bertz CT molecular complexity index is 745. The van der Waals surface area contributed by atoms with E-state index in [1.165, 1.54) is 128 Å². The van der Waals surface area contributed by atoms with Crippen LogP contribution in [0, 0.1) is 11.3 Å². The lowest BCUT2D eigenvalue weighted by Gasteiger charge is -2.22. The van der Waals surface area contributed by atoms with Gasteiger partial charge in [-0.25, -0.2) is 0 Å². The van der Waals surface area contributed by atoms with Crippen molar-refractivity contribution in [2.75, 3.05) is 39.5 Å². The molecular formula is C43H83NO5. The third kappa shape index (κ3) is 28.2. The molecule has 0 atom stereocenters. The zero-order valence-corrected chi connectivity index (χ0v) is 33.1. The van der Waals surface area contributed by atoms with E-state index in [2.05, 4.69) is 25.7 Å². The van der Waals surface area contributed by atoms with Gasteiger partial charge in [0.05, 0.1) is 19.8 Å². The molecule has 0 heterocycles. The number of hydrogen-bond acceptors (Lipinski definition) is 6. The minimum Gasteiger partial charge on any atom is -0.466 e. The SMILES string of the molecule is CCCCCCCCCC(=O)OCCCCCCCN(CCO)CCCCC1(CCC(=O)OCCCC(CCCCC)CCCCC)CC1. The van der Waals surface area contributed by atoms with Gasteiger partial charge in [0.15, 0.2) is 0 Å². The first-order valence-electron chi connectivity index (χ1n) is 21.6. The number of nitrogens with zero attached hydrogens (tertiary/aromatic N) is 1. The van der Waals surface area contributed by atoms with Gasteiger partial charge >= 0.3 is 11.9 Å². The summed E-state index contributed by atoms with van der Waals surface area (Å²) in [6, 6.07) is 0. The van der Waals surface area contributed by atoms with E-state index in [9.17, 15) is 14.7 Å². The van der Waals surface area contributed by atoms with Crippen molar-refractivity contribution in [3.63, 3.8) is 0 Å². The van der Waals surface area contributed by atoms with Crippen LogP contribution in [0.1, 0.15) is 213 Å². The van der Waals surface area contributed by atoms with Crippen molar-refractivity contribution >= 4 is 11.9 Å². The third-order valence-electron chi connectivity index (χ3n) is 11.0. The molecular weight excluding hydrogens is 610 g/mol. The van der Waals surface area contributed by atoms with Gasteiger partial charge in [-0.05, 0) is 88.6 Å². The lowest BCUT2D eigenvalue weighted by molar-refractivity contribution is -0.145. The Balaban J connectivity index is 2.06. The summed E-state index contributed by atoms with van der Waals surface area (Å²) in [5.41, 5.74) is 0.382. The number of esters is 2. The summed E-state index contributed by atoms with van der Waals surface area (Å²) in [6.45, 7) is 11.0. The zero-order chi connectivity index (χ0) is 35.7. The van der Waals surface area contributed by atoms with Crippen molar-refractivity contribution in [3.05, 3.63) is 0 Å². The maximum atomic E-state index is 12.5. The maximum absolute atomic E-state index is 12.5. The van der Waals surface area contributed by atoms with E-state index in [4.69, 9.17) is 9.47 Å². The molecule has 0 aromatic heterocycles. The molecule has 1 N–H and O–H groups in total. The topological polar surface area (TPSA) is 76.1 Å². The van der Waals surface area contributed by atoms with E-state index in [0.717, 1.165) is 76.9 Å². The summed E-state index contributed by atoms with van der Waals surface area (Å²) in [6.07, 6.45) is 35.2. The standard InChI is InChI=1S/C43H83NO5/c1-4-7-10-11-12-14-19-28-41(46)48-38-23-16-13-15-21-34-44(36-37-45)35-22-20-30-43(32-33-43)31-29-42(47)49-39-24-27-40(25-17-8-5-2)26-18-9-6-3/h40,45H,4-39H2,1-3H3. The Morgan fingerprint density at radius 1 is 0.551 bits per heavy atom. The predicted octanol–water partition coefficient (Wildman–Crippen LogP) is 11.7. The van der Waals surface area contributed by atoms with Crippen molar-refractivity contribution in [2.45, 2.75) is 213 Å². The molecule has 0 unspecified atom stereocenters. The molecule has 6 nitrogen and oxygen atoms in total. The molecule has 1 fully saturated rings. The van der Waals surface area contributed by atoms with Crippen molar-refractivity contribution in [3.8, 4) is 0 Å². The molecule has 49 heavy (non-hydrogen) atoms. The zero-order valence-electron chi connectivity index (χ0n) is 33.1. The van der Waals surface area contributed by atoms with Crippen LogP contribution in [0.5, 0.6) is 0 Å². The van der Waals surface area contributed by atoms with Gasteiger partial charge in [0.1, 0.15) is 0 Å². The van der Waals surface area contributed by atoms with Crippen LogP contribution in [0.2, 0.25) is 0 Å². The molecule has 0 radical (unpaired) electrons. The number of carbonyl (C=O) groups excluding carboxylic acids is 2. The molecule has 0 aliphatic heterocycles. The quantitative estimate of drug-likeness (QED) is 0.0512. The average molecular weight is 694 g/mol. The van der Waals surface area contributed by atoms with E-state index >= 15 is 0 Å². The molecule has 1 rings (SSSR count). The fraction of sp³-hybridized carbons (Fsp3) is 0.953. The predicted molar refractivity (Wildman–Crippen MR) is 207 cm³/mol. The number of hydrogen-bond donors (Lipinski definition) is 1. The number of aliphatic hydroxyl groups excluding tert-OH is 1. The number of carbonyl (C=O) groups is 2. The number of ether oxygens (including phenoxy) is 2. The molecule has 1 aliphatic rings. The second-order valence-corrected chi connectivity index (χ2v) is 15.6. The van der Waals surface area contributed by atoms with Gasteiger partial charge in [-0.2, -0.15) is 0 Å². The monoisotopic (exact) mass is 694 g/mol. The summed E-state index contributed by atoms with van der Waals surface area (Å²) < 4.78 is 11.1. The van der Waals surface area contributed by atoms with E-state index in [1.807, 2.05) is 0 Å². The molecule has 6 heteroatoms. The molecule has 0 aromatic rings. The normalized spacial score (nSPS) is 13.8. The molecule has 1 saturated carbocycles. The summed E-state index contributed by atoms with van der Waals surface area (Å²) in [7, 11) is 0. The van der Waals surface area contributed by atoms with Gasteiger partial charge in [0, 0.05) is 19.4 Å². The second-order valence-electron chi connectivity index (χ2n) is 15.6. The highest BCUT2D eigenvalue weighted by Crippen LogP contribution is 2.53. The van der Waals surface area contributed by atoms with Crippen LogP contribution >= 0.6 is 0 Å². The van der Waals surface area contributed by atoms with Crippen LogP contribution < -0.4 is 0 Å². The Morgan fingerprint density at radius 2 is 1.04 bits per heavy atom. The van der Waals surface area contributed by atoms with E-state index in [-0.39, 0.29) is 18.5 Å². The van der Waals surface area contributed by atoms with Crippen LogP contribution in [0.25, 0.3) is 0 Å². The number of rotatable bonds is 38. The Morgan fingerprint density at radius 3 is 1.65 bits per heavy atom. The highest BCUT2D eigenvalue weighted by Gasteiger charge is 2.41. The van der Waals surface area contributed by atoms with Crippen molar-refractivity contribution in [1.29, 1.82) is 0 Å². The van der Waals surface area contributed by atoms with Crippen LogP contribution in [-0.4, -0.2) is 61.4 Å². The van der Waals surface area contributed by atoms with E-state index in [1.54, 1.807) is 0 Å². The molecule has 1 aliphatic carbocycles. The summed E-state index contributed by atoms with van der Waals surface area (Å²) in [4.78, 5) is 26.9. The maximum Gasteiger partial charge on any atom is 0.305 e. The summed E-state index contributed by atoms with van der Waals surface area (Å²) >= 11 is 0. The highest BCUT2D eigenvalue weighted by atomic mass is 16.5. The van der Waals surface area contributed by atoms with Gasteiger partial charge < -0.3 is 19.5 Å². The molecule has 0 amide bonds. The van der Waals surface area contributed by atoms with Crippen LogP contribution in [0.4, 0.5) is 0 Å². The molecule has 0 spiro atoms. The van der Waals surface area contributed by atoms with Crippen molar-refractivity contribution in [1.82, 2.24) is 4.90 Å². The minimum atomic E-state index is -0.0246.